The number of aryl methyl sites for hydroxylation is 1. The Morgan fingerprint density at radius 3 is 2.90 bits per heavy atom. The van der Waals surface area contributed by atoms with E-state index >= 15 is 0 Å². The number of rotatable bonds is 5. The minimum Gasteiger partial charge on any atom is -0.385 e. The molecule has 2 N–H and O–H groups in total. The van der Waals surface area contributed by atoms with Crippen LogP contribution in [-0.2, 0) is 4.74 Å². The van der Waals surface area contributed by atoms with Crippen LogP contribution in [0.15, 0.2) is 18.2 Å². The summed E-state index contributed by atoms with van der Waals surface area (Å²) in [5.41, 5.74) is 2.71. The number of nitrogens with one attached hydrogen (secondary N) is 2. The van der Waals surface area contributed by atoms with Crippen molar-refractivity contribution in [2.24, 2.45) is 5.92 Å². The monoisotopic (exact) mass is 276 g/mol. The van der Waals surface area contributed by atoms with Gasteiger partial charge in [-0.1, -0.05) is 11.6 Å². The Bertz CT molecular complexity index is 474. The van der Waals surface area contributed by atoms with Crippen LogP contribution in [-0.4, -0.2) is 31.7 Å². The summed E-state index contributed by atoms with van der Waals surface area (Å²) in [7, 11) is 0. The second-order valence-corrected chi connectivity index (χ2v) is 5.41. The summed E-state index contributed by atoms with van der Waals surface area (Å²) in [6.07, 6.45) is 1.26. The molecule has 1 fully saturated rings. The minimum atomic E-state index is -0.0104. The molecule has 1 aliphatic rings. The Balaban J connectivity index is 2.02. The molecule has 2 unspecified atom stereocenters. The molecule has 1 aromatic rings. The van der Waals surface area contributed by atoms with E-state index in [0.717, 1.165) is 36.4 Å². The van der Waals surface area contributed by atoms with Crippen molar-refractivity contribution in [1.82, 2.24) is 5.32 Å². The fraction of sp³-hybridized carbons (Fsp3) is 0.562. The molecule has 4 heteroatoms. The molecular weight excluding hydrogens is 252 g/mol. The van der Waals surface area contributed by atoms with Crippen molar-refractivity contribution in [1.29, 1.82) is 0 Å². The maximum absolute atomic E-state index is 12.4. The van der Waals surface area contributed by atoms with Gasteiger partial charge in [0.2, 0.25) is 0 Å². The molecule has 1 aliphatic heterocycles. The second kappa shape index (κ2) is 6.75. The summed E-state index contributed by atoms with van der Waals surface area (Å²) in [5, 5.41) is 6.27. The predicted octanol–water partition coefficient (Wildman–Crippen LogP) is 2.58. The van der Waals surface area contributed by atoms with Gasteiger partial charge in [0, 0.05) is 31.3 Å². The normalized spacial score (nSPS) is 21.8. The van der Waals surface area contributed by atoms with Gasteiger partial charge in [0.25, 0.3) is 5.91 Å². The molecule has 0 spiro atoms. The van der Waals surface area contributed by atoms with Gasteiger partial charge in [0.05, 0.1) is 11.7 Å². The summed E-state index contributed by atoms with van der Waals surface area (Å²) in [6, 6.07) is 5.92. The van der Waals surface area contributed by atoms with Crippen LogP contribution in [0.5, 0.6) is 0 Å². The van der Waals surface area contributed by atoms with Crippen molar-refractivity contribution in [3.63, 3.8) is 0 Å². The first-order chi connectivity index (χ1) is 9.61. The van der Waals surface area contributed by atoms with Crippen molar-refractivity contribution >= 4 is 11.6 Å². The Kier molecular flexibility index (Phi) is 5.01. The molecule has 1 heterocycles. The third-order valence-corrected chi connectivity index (χ3v) is 3.84. The minimum absolute atomic E-state index is 0.0104. The van der Waals surface area contributed by atoms with E-state index in [9.17, 15) is 4.79 Å². The van der Waals surface area contributed by atoms with E-state index in [1.165, 1.54) is 0 Å². The molecule has 2 rings (SSSR count). The Morgan fingerprint density at radius 1 is 1.45 bits per heavy atom. The highest BCUT2D eigenvalue weighted by Crippen LogP contribution is 2.21. The molecule has 4 nitrogen and oxygen atoms in total. The molecule has 0 aliphatic carbocycles. The zero-order valence-corrected chi connectivity index (χ0v) is 12.5. The van der Waals surface area contributed by atoms with Crippen LogP contribution in [0.25, 0.3) is 0 Å². The van der Waals surface area contributed by atoms with E-state index in [-0.39, 0.29) is 12.0 Å². The Hall–Kier alpha value is -1.55. The number of carbonyl (C=O) groups excluding carboxylic acids is 1. The fourth-order valence-corrected chi connectivity index (χ4v) is 2.55. The van der Waals surface area contributed by atoms with Gasteiger partial charge in [-0.05, 0) is 39.3 Å². The molecule has 20 heavy (non-hydrogen) atoms. The number of anilines is 1. The first kappa shape index (κ1) is 14.9. The molecule has 110 valence electrons. The lowest BCUT2D eigenvalue weighted by atomic mass is 10.0. The van der Waals surface area contributed by atoms with Gasteiger partial charge in [-0.15, -0.1) is 0 Å². The average Bonchev–Trinajstić information content (AvgIpc) is 2.84. The van der Waals surface area contributed by atoms with E-state index < -0.39 is 0 Å². The highest BCUT2D eigenvalue weighted by molar-refractivity contribution is 5.99. The number of hydrogen-bond acceptors (Lipinski definition) is 3. The first-order valence-electron chi connectivity index (χ1n) is 7.36. The Labute approximate surface area is 120 Å². The van der Waals surface area contributed by atoms with E-state index in [0.29, 0.717) is 12.5 Å². The molecule has 1 aromatic carbocycles. The first-order valence-corrected chi connectivity index (χ1v) is 7.36. The third kappa shape index (κ3) is 3.51. The van der Waals surface area contributed by atoms with E-state index in [2.05, 4.69) is 17.6 Å². The average molecular weight is 276 g/mol. The van der Waals surface area contributed by atoms with Crippen molar-refractivity contribution in [3.8, 4) is 0 Å². The Morgan fingerprint density at radius 2 is 2.25 bits per heavy atom. The number of benzene rings is 1. The zero-order chi connectivity index (χ0) is 14.5. The standard InChI is InChI=1S/C16H24N2O2/c1-4-17-15-6-5-11(2)9-14(15)16(19)18-10-13-7-8-20-12(13)3/h5-6,9,12-13,17H,4,7-8,10H2,1-3H3,(H,18,19). The molecule has 0 bridgehead atoms. The molecule has 0 saturated carbocycles. The third-order valence-electron chi connectivity index (χ3n) is 3.84. The quantitative estimate of drug-likeness (QED) is 0.869. The molecular formula is C16H24N2O2. The molecule has 0 radical (unpaired) electrons. The van der Waals surface area contributed by atoms with Crippen LogP contribution in [0.4, 0.5) is 5.69 Å². The van der Waals surface area contributed by atoms with Gasteiger partial charge in [0.15, 0.2) is 0 Å². The fourth-order valence-electron chi connectivity index (χ4n) is 2.55. The van der Waals surface area contributed by atoms with Gasteiger partial charge in [-0.2, -0.15) is 0 Å². The maximum atomic E-state index is 12.4. The lowest BCUT2D eigenvalue weighted by molar-refractivity contribution is 0.0908. The highest BCUT2D eigenvalue weighted by Gasteiger charge is 2.24. The van der Waals surface area contributed by atoms with Crippen molar-refractivity contribution in [3.05, 3.63) is 29.3 Å². The summed E-state index contributed by atoms with van der Waals surface area (Å²) in [4.78, 5) is 12.4. The summed E-state index contributed by atoms with van der Waals surface area (Å²) in [5.74, 6) is 0.412. The van der Waals surface area contributed by atoms with Crippen LogP contribution in [0.3, 0.4) is 0 Å². The SMILES string of the molecule is CCNc1ccc(C)cc1C(=O)NCC1CCOC1C. The van der Waals surface area contributed by atoms with E-state index in [1.54, 1.807) is 0 Å². The molecule has 0 aromatic heterocycles. The number of ether oxygens (including phenoxy) is 1. The highest BCUT2D eigenvalue weighted by atomic mass is 16.5. The van der Waals surface area contributed by atoms with Crippen molar-refractivity contribution in [2.45, 2.75) is 33.3 Å². The summed E-state index contributed by atoms with van der Waals surface area (Å²) >= 11 is 0. The van der Waals surface area contributed by atoms with Crippen LogP contribution in [0.1, 0.15) is 36.2 Å². The lowest BCUT2D eigenvalue weighted by Gasteiger charge is -2.16. The molecule has 1 amide bonds. The maximum Gasteiger partial charge on any atom is 0.253 e. The summed E-state index contributed by atoms with van der Waals surface area (Å²) in [6.45, 7) is 8.38. The van der Waals surface area contributed by atoms with Gasteiger partial charge >= 0.3 is 0 Å². The number of amides is 1. The predicted molar refractivity (Wildman–Crippen MR) is 81.2 cm³/mol. The van der Waals surface area contributed by atoms with E-state index in [4.69, 9.17) is 4.74 Å². The largest absolute Gasteiger partial charge is 0.385 e. The van der Waals surface area contributed by atoms with Gasteiger partial charge in [-0.25, -0.2) is 0 Å². The number of carbonyl (C=O) groups is 1. The molecule has 2 atom stereocenters. The molecule has 1 saturated heterocycles. The van der Waals surface area contributed by atoms with Crippen LogP contribution < -0.4 is 10.6 Å². The van der Waals surface area contributed by atoms with E-state index in [1.807, 2.05) is 32.0 Å². The summed E-state index contributed by atoms with van der Waals surface area (Å²) < 4.78 is 5.52. The van der Waals surface area contributed by atoms with Gasteiger partial charge in [0.1, 0.15) is 0 Å². The lowest BCUT2D eigenvalue weighted by Crippen LogP contribution is -2.32. The smallest absolute Gasteiger partial charge is 0.253 e. The van der Waals surface area contributed by atoms with Crippen molar-refractivity contribution < 1.29 is 9.53 Å². The second-order valence-electron chi connectivity index (χ2n) is 5.41. The van der Waals surface area contributed by atoms with Crippen molar-refractivity contribution in [2.75, 3.05) is 25.0 Å². The topological polar surface area (TPSA) is 50.4 Å². The van der Waals surface area contributed by atoms with Gasteiger partial charge in [-0.3, -0.25) is 4.79 Å². The number of hydrogen-bond donors (Lipinski definition) is 2. The van der Waals surface area contributed by atoms with Crippen LogP contribution in [0.2, 0.25) is 0 Å². The van der Waals surface area contributed by atoms with Gasteiger partial charge < -0.3 is 15.4 Å². The zero-order valence-electron chi connectivity index (χ0n) is 12.5. The van der Waals surface area contributed by atoms with Crippen LogP contribution >= 0.6 is 0 Å². The van der Waals surface area contributed by atoms with Crippen LogP contribution in [0, 0.1) is 12.8 Å².